The van der Waals surface area contributed by atoms with Gasteiger partial charge in [-0.1, -0.05) is 21.1 Å². The van der Waals surface area contributed by atoms with Gasteiger partial charge in [-0.15, -0.1) is 11.3 Å². The summed E-state index contributed by atoms with van der Waals surface area (Å²) in [5, 5.41) is 12.0. The lowest BCUT2D eigenvalue weighted by molar-refractivity contribution is 0.318. The van der Waals surface area contributed by atoms with Gasteiger partial charge in [0, 0.05) is 27.6 Å². The minimum atomic E-state index is 0.0976. The van der Waals surface area contributed by atoms with E-state index < -0.39 is 0 Å². The van der Waals surface area contributed by atoms with Gasteiger partial charge in [0.2, 0.25) is 0 Å². The van der Waals surface area contributed by atoms with Crippen molar-refractivity contribution in [2.75, 3.05) is 11.9 Å². The Bertz CT molecular complexity index is 641. The van der Waals surface area contributed by atoms with E-state index in [1.165, 1.54) is 4.88 Å². The van der Waals surface area contributed by atoms with Crippen molar-refractivity contribution in [2.45, 2.75) is 13.5 Å². The van der Waals surface area contributed by atoms with E-state index >= 15 is 0 Å². The van der Waals surface area contributed by atoms with Crippen LogP contribution in [0, 0.1) is 6.92 Å². The molecule has 7 heteroatoms. The number of thiazole rings is 1. The first-order valence-corrected chi connectivity index (χ1v) is 7.57. The molecule has 0 aliphatic heterocycles. The molecule has 1 heterocycles. The monoisotopic (exact) mass is 354 g/mol. The number of benzene rings is 1. The Balaban J connectivity index is 2.36. The van der Waals surface area contributed by atoms with Crippen LogP contribution in [0.4, 0.5) is 5.69 Å². The van der Waals surface area contributed by atoms with E-state index in [9.17, 15) is 0 Å². The number of nitrogens with zero attached hydrogens (tertiary/aromatic N) is 3. The molecule has 0 aliphatic rings. The summed E-state index contributed by atoms with van der Waals surface area (Å²) in [5.74, 6) is 0.0976. The molecule has 2 aromatic rings. The van der Waals surface area contributed by atoms with Crippen molar-refractivity contribution in [3.63, 3.8) is 0 Å². The van der Waals surface area contributed by atoms with E-state index in [-0.39, 0.29) is 5.84 Å². The van der Waals surface area contributed by atoms with Crippen LogP contribution < -0.4 is 10.6 Å². The molecule has 0 spiro atoms. The largest absolute Gasteiger partial charge is 0.409 e. The minimum Gasteiger partial charge on any atom is -0.409 e. The van der Waals surface area contributed by atoms with Crippen molar-refractivity contribution in [3.8, 4) is 0 Å². The zero-order valence-electron chi connectivity index (χ0n) is 11.2. The molecule has 0 atom stereocenters. The molecule has 106 valence electrons. The summed E-state index contributed by atoms with van der Waals surface area (Å²) >= 11 is 5.07. The van der Waals surface area contributed by atoms with Gasteiger partial charge in [-0.05, 0) is 25.1 Å². The van der Waals surface area contributed by atoms with Crippen LogP contribution >= 0.6 is 27.3 Å². The lowest BCUT2D eigenvalue weighted by atomic mass is 10.1. The van der Waals surface area contributed by atoms with Crippen LogP contribution in [0.1, 0.15) is 16.1 Å². The van der Waals surface area contributed by atoms with E-state index in [0.29, 0.717) is 5.56 Å². The molecule has 3 N–H and O–H groups in total. The third-order valence-electron chi connectivity index (χ3n) is 2.98. The van der Waals surface area contributed by atoms with E-state index in [4.69, 9.17) is 10.9 Å². The summed E-state index contributed by atoms with van der Waals surface area (Å²) in [6, 6.07) is 5.64. The Labute approximate surface area is 129 Å². The van der Waals surface area contributed by atoms with Crippen LogP contribution in [0.15, 0.2) is 33.3 Å². The maximum absolute atomic E-state index is 8.89. The Morgan fingerprint density at radius 3 is 2.90 bits per heavy atom. The first-order valence-electron chi connectivity index (χ1n) is 5.90. The predicted molar refractivity (Wildman–Crippen MR) is 85.6 cm³/mol. The first-order chi connectivity index (χ1) is 9.52. The number of oxime groups is 1. The third kappa shape index (κ3) is 3.10. The second kappa shape index (κ2) is 6.23. The number of nitrogens with two attached hydrogens (primary N) is 1. The van der Waals surface area contributed by atoms with Crippen molar-refractivity contribution in [3.05, 3.63) is 44.3 Å². The highest BCUT2D eigenvalue weighted by Gasteiger charge is 2.13. The molecule has 0 fully saturated rings. The highest BCUT2D eigenvalue weighted by Crippen LogP contribution is 2.26. The molecule has 2 rings (SSSR count). The second-order valence-electron chi connectivity index (χ2n) is 4.36. The first kappa shape index (κ1) is 14.8. The summed E-state index contributed by atoms with van der Waals surface area (Å²) in [7, 11) is 1.97. The lowest BCUT2D eigenvalue weighted by Gasteiger charge is -2.22. The van der Waals surface area contributed by atoms with E-state index in [1.807, 2.05) is 37.7 Å². The summed E-state index contributed by atoms with van der Waals surface area (Å²) in [5.41, 5.74) is 10.2. The number of aryl methyl sites for hydroxylation is 1. The molecule has 0 saturated heterocycles. The number of aromatic nitrogens is 1. The number of anilines is 1. The van der Waals surface area contributed by atoms with Crippen molar-refractivity contribution in [1.29, 1.82) is 0 Å². The van der Waals surface area contributed by atoms with Crippen molar-refractivity contribution < 1.29 is 5.21 Å². The lowest BCUT2D eigenvalue weighted by Crippen LogP contribution is -2.22. The summed E-state index contributed by atoms with van der Waals surface area (Å²) in [4.78, 5) is 7.50. The Morgan fingerprint density at radius 2 is 2.30 bits per heavy atom. The molecule has 20 heavy (non-hydrogen) atoms. The van der Waals surface area contributed by atoms with Crippen LogP contribution in [0.2, 0.25) is 0 Å². The van der Waals surface area contributed by atoms with Gasteiger partial charge in [-0.25, -0.2) is 4.98 Å². The summed E-state index contributed by atoms with van der Waals surface area (Å²) < 4.78 is 0.940. The number of hydrogen-bond donors (Lipinski definition) is 2. The molecule has 0 unspecified atom stereocenters. The van der Waals surface area contributed by atoms with E-state index in [1.54, 1.807) is 11.3 Å². The molecule has 1 aromatic heterocycles. The van der Waals surface area contributed by atoms with Gasteiger partial charge in [-0.2, -0.15) is 0 Å². The molecule has 0 amide bonds. The molecule has 1 aromatic carbocycles. The number of halogens is 1. The standard InChI is InChI=1S/C13H15BrN4OS/c1-8-12(20-7-16-8)6-18(2)11-5-9(14)3-4-10(11)13(15)17-19/h3-5,7,19H,6H2,1-2H3,(H2,15,17). The Hall–Kier alpha value is -1.60. The molecular weight excluding hydrogens is 340 g/mol. The molecule has 0 aliphatic carbocycles. The zero-order valence-corrected chi connectivity index (χ0v) is 13.6. The quantitative estimate of drug-likeness (QED) is 0.383. The Kier molecular flexibility index (Phi) is 4.61. The van der Waals surface area contributed by atoms with Crippen LogP contribution in [0.5, 0.6) is 0 Å². The highest BCUT2D eigenvalue weighted by atomic mass is 79.9. The van der Waals surface area contributed by atoms with Gasteiger partial charge >= 0.3 is 0 Å². The average molecular weight is 355 g/mol. The van der Waals surface area contributed by atoms with Crippen molar-refractivity contribution >= 4 is 38.8 Å². The van der Waals surface area contributed by atoms with Gasteiger partial charge in [0.1, 0.15) is 0 Å². The van der Waals surface area contributed by atoms with E-state index in [2.05, 4.69) is 31.0 Å². The fraction of sp³-hybridized carbons (Fsp3) is 0.231. The summed E-state index contributed by atoms with van der Waals surface area (Å²) in [6.07, 6.45) is 0. The zero-order chi connectivity index (χ0) is 14.7. The predicted octanol–water partition coefficient (Wildman–Crippen LogP) is 2.94. The molecule has 5 nitrogen and oxygen atoms in total. The van der Waals surface area contributed by atoms with Crippen LogP contribution in [-0.2, 0) is 6.54 Å². The molecule has 0 saturated carbocycles. The molecular formula is C13H15BrN4OS. The molecule has 0 bridgehead atoms. The number of amidine groups is 1. The van der Waals surface area contributed by atoms with Gasteiger partial charge in [0.15, 0.2) is 5.84 Å². The van der Waals surface area contributed by atoms with Crippen LogP contribution in [-0.4, -0.2) is 23.1 Å². The number of hydrogen-bond acceptors (Lipinski definition) is 5. The van der Waals surface area contributed by atoms with Gasteiger partial charge < -0.3 is 15.8 Å². The maximum Gasteiger partial charge on any atom is 0.172 e. The summed E-state index contributed by atoms with van der Waals surface area (Å²) in [6.45, 7) is 2.71. The number of rotatable bonds is 4. The third-order valence-corrected chi connectivity index (χ3v) is 4.39. The fourth-order valence-electron chi connectivity index (χ4n) is 1.87. The highest BCUT2D eigenvalue weighted by molar-refractivity contribution is 9.10. The SMILES string of the molecule is Cc1ncsc1CN(C)c1cc(Br)ccc1/C(N)=N/O. The van der Waals surface area contributed by atoms with Crippen molar-refractivity contribution in [1.82, 2.24) is 4.98 Å². The Morgan fingerprint density at radius 1 is 1.55 bits per heavy atom. The van der Waals surface area contributed by atoms with E-state index in [0.717, 1.165) is 22.4 Å². The van der Waals surface area contributed by atoms with Crippen LogP contribution in [0.3, 0.4) is 0 Å². The van der Waals surface area contributed by atoms with Crippen molar-refractivity contribution in [2.24, 2.45) is 10.9 Å². The van der Waals surface area contributed by atoms with Gasteiger partial charge in [-0.3, -0.25) is 0 Å². The van der Waals surface area contributed by atoms with Crippen LogP contribution in [0.25, 0.3) is 0 Å². The maximum atomic E-state index is 8.89. The van der Waals surface area contributed by atoms with Gasteiger partial charge in [0.25, 0.3) is 0 Å². The molecule has 0 radical (unpaired) electrons. The minimum absolute atomic E-state index is 0.0976. The normalized spacial score (nSPS) is 11.7. The topological polar surface area (TPSA) is 74.7 Å². The second-order valence-corrected chi connectivity index (χ2v) is 6.22. The van der Waals surface area contributed by atoms with Gasteiger partial charge in [0.05, 0.1) is 17.7 Å². The smallest absolute Gasteiger partial charge is 0.172 e. The average Bonchev–Trinajstić information content (AvgIpc) is 2.83. The fourth-order valence-corrected chi connectivity index (χ4v) is 3.05.